The third kappa shape index (κ3) is 4.74. The van der Waals surface area contributed by atoms with Crippen molar-refractivity contribution < 1.29 is 14.3 Å². The van der Waals surface area contributed by atoms with E-state index in [0.29, 0.717) is 17.1 Å². The fraction of sp³-hybridized carbons (Fsp3) is 0.333. The molecule has 8 heteroatoms. The molecule has 2 aromatic heterocycles. The molecule has 0 bridgehead atoms. The fourth-order valence-corrected chi connectivity index (χ4v) is 3.32. The van der Waals surface area contributed by atoms with Gasteiger partial charge in [0.15, 0.2) is 11.8 Å². The van der Waals surface area contributed by atoms with Gasteiger partial charge in [0, 0.05) is 23.9 Å². The largest absolute Gasteiger partial charge is 0.453 e. The number of carbonyl (C=O) groups excluding carboxylic acids is 2. The van der Waals surface area contributed by atoms with Gasteiger partial charge in [-0.05, 0) is 51.8 Å². The van der Waals surface area contributed by atoms with Gasteiger partial charge in [-0.3, -0.25) is 9.59 Å². The van der Waals surface area contributed by atoms with Crippen LogP contribution >= 0.6 is 11.6 Å². The van der Waals surface area contributed by atoms with E-state index in [0.717, 1.165) is 28.3 Å². The van der Waals surface area contributed by atoms with Crippen LogP contribution in [-0.4, -0.2) is 32.6 Å². The van der Waals surface area contributed by atoms with Gasteiger partial charge in [0.05, 0.1) is 16.4 Å². The summed E-state index contributed by atoms with van der Waals surface area (Å²) in [6.45, 7) is 7.31. The highest BCUT2D eigenvalue weighted by Gasteiger charge is 2.20. The van der Waals surface area contributed by atoms with Crippen LogP contribution in [0.1, 0.15) is 36.0 Å². The highest BCUT2D eigenvalue weighted by Crippen LogP contribution is 2.21. The lowest BCUT2D eigenvalue weighted by atomic mass is 10.1. The molecule has 2 heterocycles. The number of hydrogen-bond donors (Lipinski definition) is 1. The molecule has 0 spiro atoms. The highest BCUT2D eigenvalue weighted by atomic mass is 35.5. The number of carbonyl (C=O) groups is 2. The zero-order valence-corrected chi connectivity index (χ0v) is 17.6. The highest BCUT2D eigenvalue weighted by molar-refractivity contribution is 6.33. The second-order valence-corrected chi connectivity index (χ2v) is 7.33. The zero-order valence-electron chi connectivity index (χ0n) is 16.8. The van der Waals surface area contributed by atoms with Crippen molar-refractivity contribution in [2.24, 2.45) is 0 Å². The fourth-order valence-electron chi connectivity index (χ4n) is 3.14. The molecular formula is C21H23ClN4O3. The predicted molar refractivity (Wildman–Crippen MR) is 111 cm³/mol. The van der Waals surface area contributed by atoms with Crippen LogP contribution in [-0.2, 0) is 20.7 Å². The zero-order chi connectivity index (χ0) is 21.1. The molecular weight excluding hydrogens is 392 g/mol. The smallest absolute Gasteiger partial charge is 0.306 e. The first-order chi connectivity index (χ1) is 13.8. The molecule has 152 valence electrons. The van der Waals surface area contributed by atoms with Gasteiger partial charge in [0.2, 0.25) is 0 Å². The minimum Gasteiger partial charge on any atom is -0.453 e. The summed E-state index contributed by atoms with van der Waals surface area (Å²) in [4.78, 5) is 29.1. The van der Waals surface area contributed by atoms with E-state index in [2.05, 4.69) is 15.4 Å². The van der Waals surface area contributed by atoms with Gasteiger partial charge >= 0.3 is 5.97 Å². The molecule has 0 aliphatic rings. The van der Waals surface area contributed by atoms with Crippen molar-refractivity contribution in [2.45, 2.75) is 46.6 Å². The first kappa shape index (κ1) is 20.8. The number of halogens is 1. The lowest BCUT2D eigenvalue weighted by Gasteiger charge is -2.15. The number of fused-ring (bicyclic) bond motifs is 1. The van der Waals surface area contributed by atoms with Gasteiger partial charge in [-0.2, -0.15) is 5.10 Å². The number of ether oxygens (including phenoxy) is 1. The topological polar surface area (TPSA) is 85.6 Å². The minimum atomic E-state index is -0.935. The van der Waals surface area contributed by atoms with Crippen LogP contribution in [0.2, 0.25) is 5.02 Å². The van der Waals surface area contributed by atoms with Crippen LogP contribution in [0.5, 0.6) is 0 Å². The molecule has 1 atom stereocenters. The summed E-state index contributed by atoms with van der Waals surface area (Å²) >= 11 is 6.03. The first-order valence-corrected chi connectivity index (χ1v) is 9.71. The molecule has 0 radical (unpaired) electrons. The minimum absolute atomic E-state index is 0.138. The summed E-state index contributed by atoms with van der Waals surface area (Å²) in [6, 6.07) is 8.79. The molecule has 1 aromatic carbocycles. The van der Waals surface area contributed by atoms with Crippen LogP contribution in [0.3, 0.4) is 0 Å². The second-order valence-electron chi connectivity index (χ2n) is 6.92. The van der Waals surface area contributed by atoms with Crippen LogP contribution in [0.25, 0.3) is 5.65 Å². The Kier molecular flexibility index (Phi) is 6.17. The maximum absolute atomic E-state index is 12.3. The monoisotopic (exact) mass is 414 g/mol. The van der Waals surface area contributed by atoms with Gasteiger partial charge in [0.25, 0.3) is 5.91 Å². The van der Waals surface area contributed by atoms with Crippen molar-refractivity contribution in [1.29, 1.82) is 0 Å². The van der Waals surface area contributed by atoms with Crippen molar-refractivity contribution >= 4 is 34.8 Å². The number of nitrogens with one attached hydrogen (secondary N) is 1. The second kappa shape index (κ2) is 8.61. The van der Waals surface area contributed by atoms with E-state index in [4.69, 9.17) is 16.3 Å². The van der Waals surface area contributed by atoms with E-state index in [9.17, 15) is 9.59 Å². The van der Waals surface area contributed by atoms with E-state index in [1.807, 2.05) is 26.8 Å². The van der Waals surface area contributed by atoms with Gasteiger partial charge in [-0.1, -0.05) is 23.7 Å². The number of rotatable bonds is 6. The van der Waals surface area contributed by atoms with Gasteiger partial charge in [-0.25, -0.2) is 9.50 Å². The van der Waals surface area contributed by atoms with Crippen molar-refractivity contribution in [3.8, 4) is 0 Å². The maximum atomic E-state index is 12.3. The number of hydrogen-bond acceptors (Lipinski definition) is 5. The standard InChI is InChI=1S/C21H23ClN4O3/c1-12-11-19-23-13(2)16(14(3)26(19)25-12)9-10-20(27)29-15(4)21(28)24-18-8-6-5-7-17(18)22/h5-8,11,15H,9-10H2,1-4H3,(H,24,28)/t15-/m1/s1. The Hall–Kier alpha value is -2.93. The number of esters is 1. The molecule has 7 nitrogen and oxygen atoms in total. The molecule has 3 aromatic rings. The lowest BCUT2D eigenvalue weighted by molar-refractivity contribution is -0.153. The van der Waals surface area contributed by atoms with E-state index in [1.54, 1.807) is 28.8 Å². The van der Waals surface area contributed by atoms with Crippen LogP contribution in [0, 0.1) is 20.8 Å². The van der Waals surface area contributed by atoms with Gasteiger partial charge in [0.1, 0.15) is 0 Å². The van der Waals surface area contributed by atoms with E-state index in [-0.39, 0.29) is 6.42 Å². The number of nitrogens with zero attached hydrogens (tertiary/aromatic N) is 3. The summed E-state index contributed by atoms with van der Waals surface area (Å²) in [7, 11) is 0. The number of aromatic nitrogens is 3. The third-order valence-corrected chi connectivity index (χ3v) is 5.00. The Morgan fingerprint density at radius 2 is 1.97 bits per heavy atom. The summed E-state index contributed by atoms with van der Waals surface area (Å²) in [6.07, 6.45) is -0.342. The molecule has 0 aliphatic heterocycles. The van der Waals surface area contributed by atoms with Gasteiger partial charge in [-0.15, -0.1) is 0 Å². The lowest BCUT2D eigenvalue weighted by Crippen LogP contribution is -2.30. The average Bonchev–Trinajstić information content (AvgIpc) is 3.03. The SMILES string of the molecule is Cc1cc2nc(C)c(CCC(=O)O[C@H](C)C(=O)Nc3ccccc3Cl)c(C)n2n1. The normalized spacial score (nSPS) is 12.0. The van der Waals surface area contributed by atoms with Crippen molar-refractivity contribution in [3.63, 3.8) is 0 Å². The van der Waals surface area contributed by atoms with Crippen molar-refractivity contribution in [2.75, 3.05) is 5.32 Å². The maximum Gasteiger partial charge on any atom is 0.306 e. The molecule has 0 saturated heterocycles. The van der Waals surface area contributed by atoms with Crippen LogP contribution in [0.4, 0.5) is 5.69 Å². The number of para-hydroxylation sites is 1. The summed E-state index contributed by atoms with van der Waals surface area (Å²) in [5.41, 5.74) is 4.89. The number of anilines is 1. The molecule has 0 unspecified atom stereocenters. The predicted octanol–water partition coefficient (Wildman–Crippen LogP) is 3.81. The number of amides is 1. The number of benzene rings is 1. The molecule has 0 aliphatic carbocycles. The Morgan fingerprint density at radius 1 is 1.24 bits per heavy atom. The molecule has 1 amide bonds. The van der Waals surface area contributed by atoms with E-state index >= 15 is 0 Å². The van der Waals surface area contributed by atoms with Crippen LogP contribution in [0.15, 0.2) is 30.3 Å². The van der Waals surface area contributed by atoms with E-state index in [1.165, 1.54) is 6.92 Å². The van der Waals surface area contributed by atoms with Crippen LogP contribution < -0.4 is 5.32 Å². The summed E-state index contributed by atoms with van der Waals surface area (Å²) < 4.78 is 7.06. The number of aryl methyl sites for hydroxylation is 3. The Labute approximate surface area is 174 Å². The van der Waals surface area contributed by atoms with Crippen molar-refractivity contribution in [3.05, 3.63) is 58.0 Å². The molecule has 29 heavy (non-hydrogen) atoms. The average molecular weight is 415 g/mol. The van der Waals surface area contributed by atoms with E-state index < -0.39 is 18.0 Å². The first-order valence-electron chi connectivity index (χ1n) is 9.33. The Morgan fingerprint density at radius 3 is 2.69 bits per heavy atom. The summed E-state index contributed by atoms with van der Waals surface area (Å²) in [5, 5.41) is 7.51. The Balaban J connectivity index is 1.60. The van der Waals surface area contributed by atoms with Crippen molar-refractivity contribution in [1.82, 2.24) is 14.6 Å². The Bertz CT molecular complexity index is 1080. The van der Waals surface area contributed by atoms with Gasteiger partial charge < -0.3 is 10.1 Å². The molecule has 3 rings (SSSR count). The molecule has 0 saturated carbocycles. The molecule has 1 N–H and O–H groups in total. The quantitative estimate of drug-likeness (QED) is 0.620. The third-order valence-electron chi connectivity index (χ3n) is 4.67. The molecule has 0 fully saturated rings. The summed E-state index contributed by atoms with van der Waals surface area (Å²) in [5.74, 6) is -0.892.